The van der Waals surface area contributed by atoms with Crippen LogP contribution < -0.4 is 5.43 Å². The van der Waals surface area contributed by atoms with Crippen molar-refractivity contribution in [2.45, 2.75) is 12.5 Å². The Balaban J connectivity index is 1.87. The number of benzene rings is 2. The lowest BCUT2D eigenvalue weighted by molar-refractivity contribution is -0.385. The van der Waals surface area contributed by atoms with Crippen molar-refractivity contribution in [2.75, 3.05) is 0 Å². The second kappa shape index (κ2) is 5.32. The Morgan fingerprint density at radius 2 is 1.90 bits per heavy atom. The maximum atomic E-state index is 13.8. The number of para-hydroxylation sites is 1. The summed E-state index contributed by atoms with van der Waals surface area (Å²) in [5.74, 6) is -0.346. The molecular formula is C15H12FN3O2. The Kier molecular flexibility index (Phi) is 3.35. The van der Waals surface area contributed by atoms with E-state index in [1.165, 1.54) is 12.1 Å². The molecule has 1 unspecified atom stereocenters. The number of rotatable bonds is 3. The minimum absolute atomic E-state index is 0.0417. The quantitative estimate of drug-likeness (QED) is 0.695. The van der Waals surface area contributed by atoms with Crippen LogP contribution in [-0.4, -0.2) is 10.6 Å². The number of hydrogen-bond donors (Lipinski definition) is 1. The normalized spacial score (nSPS) is 17.2. The van der Waals surface area contributed by atoms with E-state index >= 15 is 0 Å². The largest absolute Gasteiger partial charge is 0.302 e. The molecule has 6 heteroatoms. The topological polar surface area (TPSA) is 67.5 Å². The number of nitrogens with zero attached hydrogens (tertiary/aromatic N) is 2. The highest BCUT2D eigenvalue weighted by molar-refractivity contribution is 6.02. The summed E-state index contributed by atoms with van der Waals surface area (Å²) < 4.78 is 13.8. The molecule has 0 aromatic heterocycles. The summed E-state index contributed by atoms with van der Waals surface area (Å²) in [4.78, 5) is 10.6. The molecule has 1 aliphatic heterocycles. The number of nitro benzene ring substituents is 1. The molecular weight excluding hydrogens is 273 g/mol. The summed E-state index contributed by atoms with van der Waals surface area (Å²) >= 11 is 0. The van der Waals surface area contributed by atoms with Crippen molar-refractivity contribution in [1.29, 1.82) is 0 Å². The van der Waals surface area contributed by atoms with E-state index in [9.17, 15) is 14.5 Å². The van der Waals surface area contributed by atoms with E-state index in [1.807, 2.05) is 0 Å². The van der Waals surface area contributed by atoms with Crippen LogP contribution in [0.5, 0.6) is 0 Å². The van der Waals surface area contributed by atoms with Crippen LogP contribution in [0.3, 0.4) is 0 Å². The molecule has 1 heterocycles. The first-order valence-electron chi connectivity index (χ1n) is 6.47. The highest BCUT2D eigenvalue weighted by atomic mass is 19.1. The Hall–Kier alpha value is -2.76. The summed E-state index contributed by atoms with van der Waals surface area (Å²) in [5.41, 5.74) is 4.44. The van der Waals surface area contributed by atoms with Gasteiger partial charge >= 0.3 is 0 Å². The predicted molar refractivity (Wildman–Crippen MR) is 76.5 cm³/mol. The molecule has 21 heavy (non-hydrogen) atoms. The molecule has 0 bridgehead atoms. The fraction of sp³-hybridized carbons (Fsp3) is 0.133. The van der Waals surface area contributed by atoms with E-state index in [0.29, 0.717) is 23.3 Å². The number of nitrogens with one attached hydrogen (secondary N) is 1. The van der Waals surface area contributed by atoms with Gasteiger partial charge in [-0.2, -0.15) is 5.10 Å². The van der Waals surface area contributed by atoms with Gasteiger partial charge in [-0.25, -0.2) is 4.39 Å². The molecule has 0 saturated heterocycles. The molecule has 0 radical (unpaired) electrons. The van der Waals surface area contributed by atoms with Crippen LogP contribution in [0.1, 0.15) is 23.6 Å². The van der Waals surface area contributed by atoms with Gasteiger partial charge in [0.05, 0.1) is 22.2 Å². The first-order chi connectivity index (χ1) is 10.2. The minimum atomic E-state index is -0.419. The highest BCUT2D eigenvalue weighted by Crippen LogP contribution is 2.31. The molecule has 3 rings (SSSR count). The lowest BCUT2D eigenvalue weighted by Crippen LogP contribution is -2.12. The average molecular weight is 285 g/mol. The zero-order valence-electron chi connectivity index (χ0n) is 11.0. The molecule has 0 spiro atoms. The summed E-state index contributed by atoms with van der Waals surface area (Å²) in [6, 6.07) is 12.6. The van der Waals surface area contributed by atoms with Gasteiger partial charge < -0.3 is 5.43 Å². The Labute approximate surface area is 120 Å². The first-order valence-corrected chi connectivity index (χ1v) is 6.47. The van der Waals surface area contributed by atoms with Crippen LogP contribution in [0.2, 0.25) is 0 Å². The Morgan fingerprint density at radius 3 is 2.67 bits per heavy atom. The van der Waals surface area contributed by atoms with Gasteiger partial charge in [0.2, 0.25) is 0 Å². The molecule has 2 aromatic rings. The Bertz CT molecular complexity index is 730. The number of halogens is 1. The van der Waals surface area contributed by atoms with Crippen LogP contribution in [0.15, 0.2) is 53.6 Å². The SMILES string of the molecule is O=[N+]([O-])c1ccccc1C1CC(c2ccccc2F)=NN1. The molecule has 106 valence electrons. The fourth-order valence-corrected chi connectivity index (χ4v) is 2.43. The smallest absolute Gasteiger partial charge is 0.274 e. The van der Waals surface area contributed by atoms with Gasteiger partial charge in [0.25, 0.3) is 5.69 Å². The van der Waals surface area contributed by atoms with Gasteiger partial charge in [-0.05, 0) is 6.07 Å². The summed E-state index contributed by atoms with van der Waals surface area (Å²) in [7, 11) is 0. The Morgan fingerprint density at radius 1 is 1.19 bits per heavy atom. The van der Waals surface area contributed by atoms with Gasteiger partial charge in [0.1, 0.15) is 5.82 Å². The third-order valence-corrected chi connectivity index (χ3v) is 3.45. The van der Waals surface area contributed by atoms with Crippen molar-refractivity contribution in [3.63, 3.8) is 0 Å². The van der Waals surface area contributed by atoms with Crippen LogP contribution in [0.25, 0.3) is 0 Å². The van der Waals surface area contributed by atoms with Gasteiger partial charge in [0, 0.05) is 18.1 Å². The van der Waals surface area contributed by atoms with Crippen LogP contribution in [0, 0.1) is 15.9 Å². The number of hydrogen-bond acceptors (Lipinski definition) is 4. The maximum Gasteiger partial charge on any atom is 0.274 e. The van der Waals surface area contributed by atoms with E-state index in [0.717, 1.165) is 0 Å². The molecule has 5 nitrogen and oxygen atoms in total. The third-order valence-electron chi connectivity index (χ3n) is 3.45. The number of nitro groups is 1. The molecule has 1 aliphatic rings. The number of hydrazone groups is 1. The molecule has 0 amide bonds. The van der Waals surface area contributed by atoms with Gasteiger partial charge in [-0.1, -0.05) is 36.4 Å². The zero-order valence-corrected chi connectivity index (χ0v) is 11.0. The van der Waals surface area contributed by atoms with Gasteiger partial charge in [-0.15, -0.1) is 0 Å². The maximum absolute atomic E-state index is 13.8. The van der Waals surface area contributed by atoms with Crippen LogP contribution >= 0.6 is 0 Å². The van der Waals surface area contributed by atoms with Crippen molar-refractivity contribution < 1.29 is 9.31 Å². The van der Waals surface area contributed by atoms with Crippen molar-refractivity contribution in [1.82, 2.24) is 5.43 Å². The van der Waals surface area contributed by atoms with Crippen molar-refractivity contribution in [3.8, 4) is 0 Å². The summed E-state index contributed by atoms with van der Waals surface area (Å²) in [6.07, 6.45) is 0.409. The zero-order chi connectivity index (χ0) is 14.8. The second-order valence-electron chi connectivity index (χ2n) is 4.74. The lowest BCUT2D eigenvalue weighted by Gasteiger charge is -2.10. The second-order valence-corrected chi connectivity index (χ2v) is 4.74. The van der Waals surface area contributed by atoms with Gasteiger partial charge in [-0.3, -0.25) is 10.1 Å². The van der Waals surface area contributed by atoms with Crippen molar-refractivity contribution in [2.24, 2.45) is 5.10 Å². The lowest BCUT2D eigenvalue weighted by atomic mass is 9.98. The highest BCUT2D eigenvalue weighted by Gasteiger charge is 2.27. The van der Waals surface area contributed by atoms with Crippen molar-refractivity contribution >= 4 is 11.4 Å². The molecule has 0 aliphatic carbocycles. The first kappa shape index (κ1) is 13.2. The molecule has 2 aromatic carbocycles. The average Bonchev–Trinajstić information content (AvgIpc) is 2.97. The standard InChI is InChI=1S/C15H12FN3O2/c16-12-7-3-1-5-10(12)13-9-14(18-17-13)11-6-2-4-8-15(11)19(20)21/h1-8,14,18H,9H2. The van der Waals surface area contributed by atoms with E-state index in [2.05, 4.69) is 10.5 Å². The van der Waals surface area contributed by atoms with E-state index in [1.54, 1.807) is 36.4 Å². The van der Waals surface area contributed by atoms with E-state index in [-0.39, 0.29) is 17.5 Å². The molecule has 0 fully saturated rings. The minimum Gasteiger partial charge on any atom is -0.302 e. The van der Waals surface area contributed by atoms with Gasteiger partial charge in [0.15, 0.2) is 0 Å². The van der Waals surface area contributed by atoms with E-state index in [4.69, 9.17) is 0 Å². The summed E-state index contributed by atoms with van der Waals surface area (Å²) in [6.45, 7) is 0. The van der Waals surface area contributed by atoms with Crippen LogP contribution in [-0.2, 0) is 0 Å². The third kappa shape index (κ3) is 2.47. The monoisotopic (exact) mass is 285 g/mol. The predicted octanol–water partition coefficient (Wildman–Crippen LogP) is 3.17. The molecule has 1 N–H and O–H groups in total. The fourth-order valence-electron chi connectivity index (χ4n) is 2.43. The molecule has 1 atom stereocenters. The summed E-state index contributed by atoms with van der Waals surface area (Å²) in [5, 5.41) is 15.2. The van der Waals surface area contributed by atoms with Crippen LogP contribution in [0.4, 0.5) is 10.1 Å². The van der Waals surface area contributed by atoms with Crippen molar-refractivity contribution in [3.05, 3.63) is 75.6 Å². The van der Waals surface area contributed by atoms with E-state index < -0.39 is 4.92 Å². The molecule has 0 saturated carbocycles.